The zero-order valence-electron chi connectivity index (χ0n) is 17.6. The lowest BCUT2D eigenvalue weighted by molar-refractivity contribution is 0.195. The molecule has 5 heteroatoms. The predicted molar refractivity (Wildman–Crippen MR) is 116 cm³/mol. The second-order valence-electron chi connectivity index (χ2n) is 7.98. The molecule has 0 atom stereocenters. The van der Waals surface area contributed by atoms with E-state index in [4.69, 9.17) is 4.74 Å². The van der Waals surface area contributed by atoms with E-state index in [0.717, 1.165) is 32.1 Å². The molecule has 0 heterocycles. The summed E-state index contributed by atoms with van der Waals surface area (Å²) in [6.07, 6.45) is 5.02. The molecule has 1 nitrogen and oxygen atoms in total. The first kappa shape index (κ1) is 22.9. The first-order valence-electron chi connectivity index (χ1n) is 10.4. The van der Waals surface area contributed by atoms with Crippen LogP contribution < -0.4 is 0 Å². The highest BCUT2D eigenvalue weighted by atomic mass is 19.2. The number of rotatable bonds is 7. The average Bonchev–Trinajstić information content (AvgIpc) is 2.79. The number of ether oxygens (including phenoxy) is 1. The minimum Gasteiger partial charge on any atom is -0.486 e. The Balaban J connectivity index is 1.71. The van der Waals surface area contributed by atoms with E-state index in [-0.39, 0.29) is 23.7 Å². The summed E-state index contributed by atoms with van der Waals surface area (Å²) in [5.74, 6) is -4.27. The monoisotopic (exact) mass is 430 g/mol. The zero-order chi connectivity index (χ0) is 22.5. The fourth-order valence-corrected chi connectivity index (χ4v) is 3.84. The Hall–Kier alpha value is -2.82. The van der Waals surface area contributed by atoms with Crippen LogP contribution in [-0.2, 0) is 11.3 Å². The summed E-state index contributed by atoms with van der Waals surface area (Å²) in [5.41, 5.74) is 1.75. The third-order valence-electron chi connectivity index (χ3n) is 5.65. The van der Waals surface area contributed by atoms with Crippen LogP contribution in [0.25, 0.3) is 11.1 Å². The maximum absolute atomic E-state index is 14.8. The van der Waals surface area contributed by atoms with Crippen molar-refractivity contribution >= 4 is 0 Å². The van der Waals surface area contributed by atoms with Crippen LogP contribution in [0, 0.1) is 11.6 Å². The lowest BCUT2D eigenvalue weighted by Gasteiger charge is -2.23. The van der Waals surface area contributed by atoms with Crippen LogP contribution in [0.15, 0.2) is 72.5 Å². The first-order chi connectivity index (χ1) is 14.8. The molecule has 0 aliphatic heterocycles. The SMILES string of the molecule is C=C(C)/C(F)=C(/F)C(=C)OCc1ccc(-c2ccc(C3CCCCC3)c(F)c2F)cc1. The van der Waals surface area contributed by atoms with Gasteiger partial charge in [-0.3, -0.25) is 0 Å². The largest absolute Gasteiger partial charge is 0.486 e. The van der Waals surface area contributed by atoms with Gasteiger partial charge in [-0.25, -0.2) is 13.2 Å². The first-order valence-corrected chi connectivity index (χ1v) is 10.4. The van der Waals surface area contributed by atoms with Crippen molar-refractivity contribution in [2.45, 2.75) is 51.6 Å². The second kappa shape index (κ2) is 9.99. The number of hydrogen-bond acceptors (Lipinski definition) is 1. The molecule has 1 saturated carbocycles. The van der Waals surface area contributed by atoms with Crippen molar-refractivity contribution in [3.05, 3.63) is 95.3 Å². The summed E-state index contributed by atoms with van der Waals surface area (Å²) in [5, 5.41) is 0. The van der Waals surface area contributed by atoms with Crippen LogP contribution in [0.1, 0.15) is 56.1 Å². The van der Waals surface area contributed by atoms with Crippen LogP contribution in [-0.4, -0.2) is 0 Å². The molecule has 2 aromatic rings. The molecular formula is C26H26F4O. The van der Waals surface area contributed by atoms with E-state index in [2.05, 4.69) is 13.2 Å². The summed E-state index contributed by atoms with van der Waals surface area (Å²) < 4.78 is 62.1. The minimum absolute atomic E-state index is 0.0481. The molecule has 3 rings (SSSR count). The van der Waals surface area contributed by atoms with E-state index in [0.29, 0.717) is 16.7 Å². The van der Waals surface area contributed by atoms with Crippen molar-refractivity contribution in [1.82, 2.24) is 0 Å². The highest BCUT2D eigenvalue weighted by molar-refractivity contribution is 5.65. The van der Waals surface area contributed by atoms with Gasteiger partial charge in [-0.2, -0.15) is 4.39 Å². The highest BCUT2D eigenvalue weighted by Crippen LogP contribution is 2.37. The van der Waals surface area contributed by atoms with Crippen LogP contribution >= 0.6 is 0 Å². The Morgan fingerprint density at radius 3 is 2.16 bits per heavy atom. The summed E-state index contributed by atoms with van der Waals surface area (Å²) in [4.78, 5) is 0. The molecule has 0 N–H and O–H groups in total. The fourth-order valence-electron chi connectivity index (χ4n) is 3.84. The third kappa shape index (κ3) is 5.27. The molecule has 0 radical (unpaired) electrons. The van der Waals surface area contributed by atoms with Gasteiger partial charge in [0.1, 0.15) is 6.61 Å². The molecule has 0 amide bonds. The molecule has 0 unspecified atom stereocenters. The number of hydrogen-bond donors (Lipinski definition) is 0. The van der Waals surface area contributed by atoms with Crippen molar-refractivity contribution in [3.63, 3.8) is 0 Å². The second-order valence-corrected chi connectivity index (χ2v) is 7.98. The van der Waals surface area contributed by atoms with Gasteiger partial charge in [0.25, 0.3) is 0 Å². The van der Waals surface area contributed by atoms with Crippen molar-refractivity contribution in [3.8, 4) is 11.1 Å². The molecule has 0 saturated heterocycles. The van der Waals surface area contributed by atoms with E-state index in [1.807, 2.05) is 0 Å². The molecular weight excluding hydrogens is 404 g/mol. The smallest absolute Gasteiger partial charge is 0.200 e. The summed E-state index contributed by atoms with van der Waals surface area (Å²) in [6, 6.07) is 9.91. The van der Waals surface area contributed by atoms with E-state index in [1.54, 1.807) is 36.4 Å². The molecule has 1 fully saturated rings. The number of halogens is 4. The lowest BCUT2D eigenvalue weighted by atomic mass is 9.83. The Kier molecular flexibility index (Phi) is 7.37. The Labute approximate surface area is 180 Å². The molecule has 164 valence electrons. The van der Waals surface area contributed by atoms with E-state index < -0.39 is 29.0 Å². The summed E-state index contributed by atoms with van der Waals surface area (Å²) in [7, 11) is 0. The van der Waals surface area contributed by atoms with Gasteiger partial charge < -0.3 is 4.74 Å². The minimum atomic E-state index is -1.19. The van der Waals surface area contributed by atoms with Crippen LogP contribution in [0.2, 0.25) is 0 Å². The normalized spacial score (nSPS) is 15.4. The highest BCUT2D eigenvalue weighted by Gasteiger charge is 2.23. The summed E-state index contributed by atoms with van der Waals surface area (Å²) in [6.45, 7) is 8.00. The van der Waals surface area contributed by atoms with Gasteiger partial charge in [0, 0.05) is 5.56 Å². The maximum atomic E-state index is 14.8. The van der Waals surface area contributed by atoms with Gasteiger partial charge in [-0.15, -0.1) is 0 Å². The quantitative estimate of drug-likeness (QED) is 0.243. The molecule has 0 aromatic heterocycles. The van der Waals surface area contributed by atoms with E-state index >= 15 is 0 Å². The van der Waals surface area contributed by atoms with Crippen molar-refractivity contribution in [2.75, 3.05) is 0 Å². The average molecular weight is 430 g/mol. The zero-order valence-corrected chi connectivity index (χ0v) is 17.6. The van der Waals surface area contributed by atoms with Crippen molar-refractivity contribution in [2.24, 2.45) is 0 Å². The molecule has 1 aliphatic carbocycles. The maximum Gasteiger partial charge on any atom is 0.200 e. The molecule has 31 heavy (non-hydrogen) atoms. The molecule has 2 aromatic carbocycles. The molecule has 1 aliphatic rings. The van der Waals surface area contributed by atoms with Gasteiger partial charge in [0.05, 0.1) is 0 Å². The van der Waals surface area contributed by atoms with Crippen molar-refractivity contribution in [1.29, 1.82) is 0 Å². The van der Waals surface area contributed by atoms with Crippen LogP contribution in [0.5, 0.6) is 0 Å². The number of allylic oxidation sites excluding steroid dienone is 3. The Bertz CT molecular complexity index is 999. The van der Waals surface area contributed by atoms with Gasteiger partial charge in [-0.05, 0) is 47.9 Å². The van der Waals surface area contributed by atoms with E-state index in [1.165, 1.54) is 6.92 Å². The Morgan fingerprint density at radius 1 is 0.903 bits per heavy atom. The molecule has 0 spiro atoms. The topological polar surface area (TPSA) is 9.23 Å². The van der Waals surface area contributed by atoms with Gasteiger partial charge in [0.15, 0.2) is 29.0 Å². The summed E-state index contributed by atoms with van der Waals surface area (Å²) >= 11 is 0. The fraction of sp³-hybridized carbons (Fsp3) is 0.308. The molecule has 0 bridgehead atoms. The standard InChI is InChI=1S/C26H26F4O/c1-16(2)23(27)24(28)17(3)31-15-18-9-11-20(12-10-18)22-14-13-21(25(29)26(22)30)19-7-5-4-6-8-19/h9-14,19H,1,3-8,15H2,2H3/b24-23-. The van der Waals surface area contributed by atoms with Crippen LogP contribution in [0.3, 0.4) is 0 Å². The van der Waals surface area contributed by atoms with Gasteiger partial charge in [0.2, 0.25) is 0 Å². The lowest BCUT2D eigenvalue weighted by Crippen LogP contribution is -2.08. The number of benzene rings is 2. The van der Waals surface area contributed by atoms with Gasteiger partial charge in [-0.1, -0.05) is 68.8 Å². The van der Waals surface area contributed by atoms with Crippen molar-refractivity contribution < 1.29 is 22.3 Å². The Morgan fingerprint density at radius 2 is 1.55 bits per heavy atom. The predicted octanol–water partition coefficient (Wildman–Crippen LogP) is 8.44. The third-order valence-corrected chi connectivity index (χ3v) is 5.65. The van der Waals surface area contributed by atoms with E-state index in [9.17, 15) is 17.6 Å². The van der Waals surface area contributed by atoms with Gasteiger partial charge >= 0.3 is 0 Å². The van der Waals surface area contributed by atoms with Crippen LogP contribution in [0.4, 0.5) is 17.6 Å².